The molecule has 2 aliphatic carbocycles. The second-order valence-corrected chi connectivity index (χ2v) is 17.6. The normalized spacial score (nSPS) is 20.5. The monoisotopic (exact) mass is 783 g/mol. The van der Waals surface area contributed by atoms with Gasteiger partial charge < -0.3 is 9.47 Å². The Morgan fingerprint density at radius 1 is 0.448 bits per heavy atom. The Labute approximate surface area is 350 Å². The van der Waals surface area contributed by atoms with Crippen LogP contribution < -0.4 is 0 Å². The quantitative estimate of drug-likeness (QED) is 0.0624. The number of hydrogen-bond donors (Lipinski definition) is 0. The van der Waals surface area contributed by atoms with Crippen LogP contribution in [0.15, 0.2) is 109 Å². The first-order valence-electron chi connectivity index (χ1n) is 23.2. The number of carbonyl (C=O) groups is 2. The lowest BCUT2D eigenvalue weighted by Gasteiger charge is -2.29. The summed E-state index contributed by atoms with van der Waals surface area (Å²) in [5.41, 5.74) is 5.15. The maximum atomic E-state index is 14.0. The second kappa shape index (κ2) is 23.4. The van der Waals surface area contributed by atoms with Crippen LogP contribution in [0.3, 0.4) is 0 Å². The number of hydrogen-bond acceptors (Lipinski definition) is 4. The predicted molar refractivity (Wildman–Crippen MR) is 238 cm³/mol. The third-order valence-corrected chi connectivity index (χ3v) is 13.4. The highest BCUT2D eigenvalue weighted by Gasteiger charge is 2.33. The molecule has 0 aromatic heterocycles. The van der Waals surface area contributed by atoms with Crippen molar-refractivity contribution in [2.75, 3.05) is 0 Å². The summed E-state index contributed by atoms with van der Waals surface area (Å²) in [4.78, 5) is 27.9. The maximum Gasteiger partial charge on any atom is 0.338 e. The number of ether oxygens (including phenoxy) is 2. The maximum absolute atomic E-state index is 14.0. The lowest BCUT2D eigenvalue weighted by molar-refractivity contribution is -0.0388. The molecule has 310 valence electrons. The van der Waals surface area contributed by atoms with Crippen molar-refractivity contribution in [3.8, 4) is 0 Å². The molecule has 0 bridgehead atoms. The molecule has 58 heavy (non-hydrogen) atoms. The minimum atomic E-state index is -0.849. The highest BCUT2D eigenvalue weighted by Crippen LogP contribution is 2.41. The van der Waals surface area contributed by atoms with Gasteiger partial charge in [0.05, 0.1) is 11.1 Å². The molecule has 2 aliphatic rings. The molecule has 0 spiro atoms. The van der Waals surface area contributed by atoms with E-state index in [4.69, 9.17) is 9.47 Å². The van der Waals surface area contributed by atoms with Crippen LogP contribution in [0.4, 0.5) is 0 Å². The fourth-order valence-electron chi connectivity index (χ4n) is 9.69. The Bertz CT molecular complexity index is 1620. The molecule has 2 saturated carbocycles. The van der Waals surface area contributed by atoms with E-state index < -0.39 is 24.1 Å². The zero-order chi connectivity index (χ0) is 40.4. The molecule has 4 aromatic carbocycles. The van der Waals surface area contributed by atoms with Gasteiger partial charge >= 0.3 is 11.9 Å². The van der Waals surface area contributed by atoms with E-state index in [1.54, 1.807) is 0 Å². The van der Waals surface area contributed by atoms with Gasteiger partial charge in [0, 0.05) is 0 Å². The first kappa shape index (κ1) is 43.4. The highest BCUT2D eigenvalue weighted by molar-refractivity contribution is 5.90. The molecule has 4 nitrogen and oxygen atoms in total. The number of carbonyl (C=O) groups excluding carboxylic acids is 2. The van der Waals surface area contributed by atoms with Crippen LogP contribution in [0.1, 0.15) is 209 Å². The summed E-state index contributed by atoms with van der Waals surface area (Å²) in [6.07, 6.45) is 24.6. The van der Waals surface area contributed by atoms with Crippen LogP contribution >= 0.6 is 0 Å². The Morgan fingerprint density at radius 3 is 1.14 bits per heavy atom. The lowest BCUT2D eigenvalue weighted by Crippen LogP contribution is -2.23. The van der Waals surface area contributed by atoms with Gasteiger partial charge in [-0.15, -0.1) is 0 Å². The largest absolute Gasteiger partial charge is 0.450 e. The van der Waals surface area contributed by atoms with E-state index in [1.807, 2.05) is 84.9 Å². The molecule has 0 heterocycles. The summed E-state index contributed by atoms with van der Waals surface area (Å²) in [6, 6.07) is 35.4. The van der Waals surface area contributed by atoms with Gasteiger partial charge in [-0.05, 0) is 122 Å². The molecule has 0 aliphatic heterocycles. The van der Waals surface area contributed by atoms with Gasteiger partial charge in [-0.25, -0.2) is 9.59 Å². The van der Waals surface area contributed by atoms with Crippen molar-refractivity contribution >= 4 is 11.9 Å². The van der Waals surface area contributed by atoms with E-state index in [0.29, 0.717) is 23.0 Å². The van der Waals surface area contributed by atoms with Gasteiger partial charge in [-0.2, -0.15) is 0 Å². The van der Waals surface area contributed by atoms with Crippen LogP contribution in [0.25, 0.3) is 0 Å². The van der Waals surface area contributed by atoms with E-state index in [9.17, 15) is 9.59 Å². The first-order chi connectivity index (χ1) is 28.5. The summed E-state index contributed by atoms with van der Waals surface area (Å²) < 4.78 is 12.7. The van der Waals surface area contributed by atoms with Gasteiger partial charge in [-0.3, -0.25) is 0 Å². The molecule has 6 rings (SSSR count). The lowest BCUT2D eigenvalue weighted by atomic mass is 9.77. The molecule has 2 atom stereocenters. The summed E-state index contributed by atoms with van der Waals surface area (Å²) in [6.45, 7) is 4.56. The molecular weight excluding hydrogens is 713 g/mol. The van der Waals surface area contributed by atoms with E-state index in [2.05, 4.69) is 38.1 Å². The minimum Gasteiger partial charge on any atom is -0.450 e. The Balaban J connectivity index is 1.09. The first-order valence-corrected chi connectivity index (χ1v) is 23.2. The van der Waals surface area contributed by atoms with Crippen molar-refractivity contribution in [3.63, 3.8) is 0 Å². The van der Waals surface area contributed by atoms with E-state index in [-0.39, 0.29) is 0 Å². The molecule has 2 unspecified atom stereocenters. The molecule has 0 N–H and O–H groups in total. The van der Waals surface area contributed by atoms with Gasteiger partial charge in [0.2, 0.25) is 0 Å². The zero-order valence-corrected chi connectivity index (χ0v) is 35.6. The fraction of sp³-hybridized carbons (Fsp3) is 0.519. The van der Waals surface area contributed by atoms with Crippen LogP contribution in [0.5, 0.6) is 0 Å². The molecular formula is C54H70O4. The third-order valence-electron chi connectivity index (χ3n) is 13.4. The minimum absolute atomic E-state index is 0.431. The van der Waals surface area contributed by atoms with Crippen LogP contribution in [0, 0.1) is 11.8 Å². The van der Waals surface area contributed by atoms with Gasteiger partial charge in [-0.1, -0.05) is 176 Å². The van der Waals surface area contributed by atoms with Gasteiger partial charge in [0.15, 0.2) is 12.2 Å². The summed E-state index contributed by atoms with van der Waals surface area (Å²) in [5, 5.41) is 0. The number of esters is 2. The number of unbranched alkanes of at least 4 members (excludes halogenated alkanes) is 8. The van der Waals surface area contributed by atoms with E-state index >= 15 is 0 Å². The van der Waals surface area contributed by atoms with Gasteiger partial charge in [0.1, 0.15) is 0 Å². The number of rotatable bonds is 21. The summed E-state index contributed by atoms with van der Waals surface area (Å²) >= 11 is 0. The van der Waals surface area contributed by atoms with Crippen molar-refractivity contribution in [2.45, 2.75) is 166 Å². The van der Waals surface area contributed by atoms with Crippen molar-refractivity contribution in [3.05, 3.63) is 143 Å². The van der Waals surface area contributed by atoms with Crippen molar-refractivity contribution in [2.24, 2.45) is 11.8 Å². The van der Waals surface area contributed by atoms with E-state index in [0.717, 1.165) is 23.0 Å². The molecule has 4 heteroatoms. The SMILES string of the molecule is CCCCCCCC1CCC(c2ccc(C(=O)OC(c3ccccc3)C(OC(=O)c3ccc(C4CCC(CCCCCCC)CC4)cc3)c3ccccc3)cc2)CC1. The molecule has 4 aromatic rings. The van der Waals surface area contributed by atoms with Crippen LogP contribution in [-0.4, -0.2) is 11.9 Å². The highest BCUT2D eigenvalue weighted by atomic mass is 16.6. The third kappa shape index (κ3) is 12.9. The van der Waals surface area contributed by atoms with Crippen LogP contribution in [0.2, 0.25) is 0 Å². The van der Waals surface area contributed by atoms with Crippen LogP contribution in [-0.2, 0) is 9.47 Å². The molecule has 0 amide bonds. The Hall–Kier alpha value is -4.18. The van der Waals surface area contributed by atoms with Crippen molar-refractivity contribution in [1.29, 1.82) is 0 Å². The standard InChI is InChI=1S/C54H70O4/c1-3-5-7-9-13-19-41-25-29-43(30-26-41)45-33-37-49(38-34-45)53(55)57-51(47-21-15-11-16-22-47)52(48-23-17-12-18-24-48)58-54(56)50-39-35-46(36-40-50)44-31-27-42(28-32-44)20-14-10-8-6-4-2/h11-12,15-18,21-24,33-44,51-52H,3-10,13-14,19-20,25-32H2,1-2H3. The molecule has 0 saturated heterocycles. The summed E-state index contributed by atoms with van der Waals surface area (Å²) in [5.74, 6) is 1.94. The predicted octanol–water partition coefficient (Wildman–Crippen LogP) is 15.5. The zero-order valence-electron chi connectivity index (χ0n) is 35.6. The average molecular weight is 783 g/mol. The molecule has 0 radical (unpaired) electrons. The van der Waals surface area contributed by atoms with Crippen molar-refractivity contribution in [1.82, 2.24) is 0 Å². The Morgan fingerprint density at radius 2 is 0.793 bits per heavy atom. The molecule has 2 fully saturated rings. The summed E-state index contributed by atoms with van der Waals surface area (Å²) in [7, 11) is 0. The fourth-order valence-corrected chi connectivity index (χ4v) is 9.69. The second-order valence-electron chi connectivity index (χ2n) is 17.6. The van der Waals surface area contributed by atoms with Gasteiger partial charge in [0.25, 0.3) is 0 Å². The average Bonchev–Trinajstić information content (AvgIpc) is 3.28. The van der Waals surface area contributed by atoms with Crippen molar-refractivity contribution < 1.29 is 19.1 Å². The Kier molecular flexibility index (Phi) is 17.5. The topological polar surface area (TPSA) is 52.6 Å². The smallest absolute Gasteiger partial charge is 0.338 e. The van der Waals surface area contributed by atoms with E-state index in [1.165, 1.54) is 140 Å². The number of benzene rings is 4.